The summed E-state index contributed by atoms with van der Waals surface area (Å²) >= 11 is 0. The summed E-state index contributed by atoms with van der Waals surface area (Å²) in [6, 6.07) is 7.95. The van der Waals surface area contributed by atoms with Crippen molar-refractivity contribution in [3.8, 4) is 0 Å². The molecule has 0 spiro atoms. The molecule has 0 aliphatic carbocycles. The number of nitrogens with zero attached hydrogens (tertiary/aromatic N) is 4. The first kappa shape index (κ1) is 14.6. The zero-order chi connectivity index (χ0) is 15.7. The molecule has 0 radical (unpaired) electrons. The van der Waals surface area contributed by atoms with E-state index in [4.69, 9.17) is 5.11 Å². The Morgan fingerprint density at radius 1 is 1.23 bits per heavy atom. The van der Waals surface area contributed by atoms with Crippen molar-refractivity contribution < 1.29 is 9.90 Å². The minimum Gasteiger partial charge on any atom is -0.481 e. The van der Waals surface area contributed by atoms with Crippen molar-refractivity contribution in [1.82, 2.24) is 9.97 Å². The molecule has 1 aliphatic heterocycles. The number of hydrogen-bond acceptors (Lipinski definition) is 5. The van der Waals surface area contributed by atoms with E-state index in [9.17, 15) is 4.79 Å². The maximum Gasteiger partial charge on any atom is 0.306 e. The molecule has 2 aromatic rings. The van der Waals surface area contributed by atoms with E-state index in [1.807, 2.05) is 43.3 Å². The van der Waals surface area contributed by atoms with Crippen molar-refractivity contribution in [2.45, 2.75) is 12.8 Å². The lowest BCUT2D eigenvalue weighted by Gasteiger charge is -2.30. The average molecular weight is 300 g/mol. The summed E-state index contributed by atoms with van der Waals surface area (Å²) in [5, 5.41) is 10.1. The van der Waals surface area contributed by atoms with Gasteiger partial charge in [-0.05, 0) is 25.0 Å². The molecule has 0 atom stereocenters. The molecule has 0 bridgehead atoms. The summed E-state index contributed by atoms with van der Waals surface area (Å²) in [6.45, 7) is 1.37. The number of carboxylic acids is 1. The molecule has 22 heavy (non-hydrogen) atoms. The lowest BCUT2D eigenvalue weighted by Crippen LogP contribution is -2.37. The minimum atomic E-state index is -0.701. The van der Waals surface area contributed by atoms with Crippen molar-refractivity contribution in [3.63, 3.8) is 0 Å². The maximum atomic E-state index is 11.1. The van der Waals surface area contributed by atoms with Crippen molar-refractivity contribution >= 4 is 28.6 Å². The number of para-hydroxylation sites is 1. The first-order valence-electron chi connectivity index (χ1n) is 7.48. The molecule has 116 valence electrons. The van der Waals surface area contributed by atoms with Crippen molar-refractivity contribution in [3.05, 3.63) is 24.3 Å². The SMILES string of the molecule is CN(C)c1nc(N2CCC(C(=O)O)CC2)nc2ccccc12. The van der Waals surface area contributed by atoms with Gasteiger partial charge in [0.25, 0.3) is 0 Å². The van der Waals surface area contributed by atoms with Crippen LogP contribution in [0.3, 0.4) is 0 Å². The third kappa shape index (κ3) is 2.68. The van der Waals surface area contributed by atoms with Gasteiger partial charge in [-0.3, -0.25) is 4.79 Å². The topological polar surface area (TPSA) is 69.6 Å². The summed E-state index contributed by atoms with van der Waals surface area (Å²) in [5.41, 5.74) is 0.913. The van der Waals surface area contributed by atoms with Gasteiger partial charge in [-0.1, -0.05) is 12.1 Å². The van der Waals surface area contributed by atoms with Crippen LogP contribution < -0.4 is 9.80 Å². The molecule has 6 heteroatoms. The molecule has 1 fully saturated rings. The zero-order valence-corrected chi connectivity index (χ0v) is 12.9. The molecule has 3 rings (SSSR count). The predicted octanol–water partition coefficient (Wildman–Crippen LogP) is 2.00. The lowest BCUT2D eigenvalue weighted by atomic mass is 9.97. The lowest BCUT2D eigenvalue weighted by molar-refractivity contribution is -0.142. The fourth-order valence-electron chi connectivity index (χ4n) is 2.86. The highest BCUT2D eigenvalue weighted by Gasteiger charge is 2.26. The summed E-state index contributed by atoms with van der Waals surface area (Å²) in [5.74, 6) is 0.630. The van der Waals surface area contributed by atoms with Crippen molar-refractivity contribution in [2.75, 3.05) is 37.0 Å². The largest absolute Gasteiger partial charge is 0.481 e. The summed E-state index contributed by atoms with van der Waals surface area (Å²) in [7, 11) is 3.93. The first-order chi connectivity index (χ1) is 10.6. The molecule has 0 saturated carbocycles. The van der Waals surface area contributed by atoms with E-state index < -0.39 is 5.97 Å². The minimum absolute atomic E-state index is 0.245. The van der Waals surface area contributed by atoms with Gasteiger partial charge in [0.2, 0.25) is 5.95 Å². The number of carbonyl (C=O) groups is 1. The van der Waals surface area contributed by atoms with E-state index in [0.29, 0.717) is 31.9 Å². The monoisotopic (exact) mass is 300 g/mol. The van der Waals surface area contributed by atoms with Gasteiger partial charge in [0.15, 0.2) is 0 Å². The number of hydrogen-bond donors (Lipinski definition) is 1. The Morgan fingerprint density at radius 3 is 2.55 bits per heavy atom. The van der Waals surface area contributed by atoms with Crippen LogP contribution in [0.15, 0.2) is 24.3 Å². The molecule has 1 aliphatic rings. The quantitative estimate of drug-likeness (QED) is 0.935. The number of aromatic nitrogens is 2. The number of carboxylic acid groups (broad SMARTS) is 1. The highest BCUT2D eigenvalue weighted by Crippen LogP contribution is 2.27. The third-order valence-corrected chi connectivity index (χ3v) is 4.12. The van der Waals surface area contributed by atoms with E-state index in [1.165, 1.54) is 0 Å². The smallest absolute Gasteiger partial charge is 0.306 e. The van der Waals surface area contributed by atoms with Gasteiger partial charge >= 0.3 is 5.97 Å². The standard InChI is InChI=1S/C16H20N4O2/c1-19(2)14-12-5-3-4-6-13(12)17-16(18-14)20-9-7-11(8-10-20)15(21)22/h3-6,11H,7-10H2,1-2H3,(H,21,22). The third-order valence-electron chi connectivity index (χ3n) is 4.12. The Bertz CT molecular complexity index is 694. The second-order valence-electron chi connectivity index (χ2n) is 5.86. The van der Waals surface area contributed by atoms with Crippen LogP contribution in [0.25, 0.3) is 10.9 Å². The molecule has 2 heterocycles. The van der Waals surface area contributed by atoms with Gasteiger partial charge in [-0.25, -0.2) is 4.98 Å². The van der Waals surface area contributed by atoms with Gasteiger partial charge in [0.05, 0.1) is 11.4 Å². The van der Waals surface area contributed by atoms with Crippen LogP contribution in [0.1, 0.15) is 12.8 Å². The molecular formula is C16H20N4O2. The van der Waals surface area contributed by atoms with Crippen LogP contribution in [0.4, 0.5) is 11.8 Å². The van der Waals surface area contributed by atoms with Crippen LogP contribution in [0, 0.1) is 5.92 Å². The Labute approximate surface area is 129 Å². The molecular weight excluding hydrogens is 280 g/mol. The fraction of sp³-hybridized carbons (Fsp3) is 0.438. The van der Waals surface area contributed by atoms with Crippen LogP contribution >= 0.6 is 0 Å². The molecule has 1 N–H and O–H groups in total. The highest BCUT2D eigenvalue weighted by molar-refractivity contribution is 5.90. The Hall–Kier alpha value is -2.37. The van der Waals surface area contributed by atoms with E-state index in [1.54, 1.807) is 0 Å². The van der Waals surface area contributed by atoms with Gasteiger partial charge < -0.3 is 14.9 Å². The van der Waals surface area contributed by atoms with E-state index in [-0.39, 0.29) is 5.92 Å². The number of anilines is 2. The molecule has 1 aromatic heterocycles. The number of fused-ring (bicyclic) bond motifs is 1. The van der Waals surface area contributed by atoms with Crippen LogP contribution in [-0.2, 0) is 4.79 Å². The first-order valence-corrected chi connectivity index (χ1v) is 7.48. The number of aliphatic carboxylic acids is 1. The number of rotatable bonds is 3. The zero-order valence-electron chi connectivity index (χ0n) is 12.9. The Morgan fingerprint density at radius 2 is 1.91 bits per heavy atom. The van der Waals surface area contributed by atoms with Crippen molar-refractivity contribution in [2.24, 2.45) is 5.92 Å². The van der Waals surface area contributed by atoms with Crippen LogP contribution in [0.5, 0.6) is 0 Å². The molecule has 6 nitrogen and oxygen atoms in total. The summed E-state index contributed by atoms with van der Waals surface area (Å²) in [6.07, 6.45) is 1.28. The normalized spacial score (nSPS) is 16.0. The Balaban J connectivity index is 1.93. The van der Waals surface area contributed by atoms with Crippen molar-refractivity contribution in [1.29, 1.82) is 0 Å². The number of benzene rings is 1. The maximum absolute atomic E-state index is 11.1. The van der Waals surface area contributed by atoms with E-state index in [0.717, 1.165) is 16.7 Å². The van der Waals surface area contributed by atoms with Gasteiger partial charge in [0.1, 0.15) is 5.82 Å². The van der Waals surface area contributed by atoms with E-state index in [2.05, 4.69) is 14.9 Å². The molecule has 0 amide bonds. The second kappa shape index (κ2) is 5.79. The number of piperidine rings is 1. The predicted molar refractivity (Wildman–Crippen MR) is 86.4 cm³/mol. The fourth-order valence-corrected chi connectivity index (χ4v) is 2.86. The van der Waals surface area contributed by atoms with E-state index >= 15 is 0 Å². The van der Waals surface area contributed by atoms with Gasteiger partial charge in [0, 0.05) is 32.6 Å². The Kier molecular flexibility index (Phi) is 3.83. The van der Waals surface area contributed by atoms with Crippen LogP contribution in [0.2, 0.25) is 0 Å². The van der Waals surface area contributed by atoms with Gasteiger partial charge in [-0.2, -0.15) is 4.98 Å². The highest BCUT2D eigenvalue weighted by atomic mass is 16.4. The second-order valence-corrected chi connectivity index (χ2v) is 5.86. The molecule has 0 unspecified atom stereocenters. The summed E-state index contributed by atoms with van der Waals surface area (Å²) in [4.78, 5) is 24.5. The van der Waals surface area contributed by atoms with Gasteiger partial charge in [-0.15, -0.1) is 0 Å². The molecule has 1 aromatic carbocycles. The molecule has 1 saturated heterocycles. The van der Waals surface area contributed by atoms with Crippen LogP contribution in [-0.4, -0.2) is 48.2 Å². The summed E-state index contributed by atoms with van der Waals surface area (Å²) < 4.78 is 0. The average Bonchev–Trinajstić information content (AvgIpc) is 2.53.